The number of nitrogens with zero attached hydrogens (tertiary/aromatic N) is 2. The van der Waals surface area contributed by atoms with E-state index in [-0.39, 0.29) is 5.60 Å². The van der Waals surface area contributed by atoms with Crippen LogP contribution in [0.2, 0.25) is 0 Å². The van der Waals surface area contributed by atoms with Gasteiger partial charge in [-0.15, -0.1) is 0 Å². The van der Waals surface area contributed by atoms with E-state index in [1.54, 1.807) is 7.11 Å². The van der Waals surface area contributed by atoms with Crippen molar-refractivity contribution < 1.29 is 4.74 Å². The molecule has 3 heteroatoms. The molecular weight excluding hydrogens is 176 g/mol. The second-order valence-electron chi connectivity index (χ2n) is 4.06. The zero-order valence-electron chi connectivity index (χ0n) is 8.95. The first-order valence-corrected chi connectivity index (χ1v) is 4.83. The molecular formula is C11H16N2O. The lowest BCUT2D eigenvalue weighted by molar-refractivity contribution is -0.121. The Labute approximate surface area is 84.7 Å². The standard InChI is InChI=1S/C11H16N2O/c1-9-4-5-12-6-10(9)11(14-3)7-13(2)8-11/h4-6H,7-8H2,1-3H3. The summed E-state index contributed by atoms with van der Waals surface area (Å²) in [6.07, 6.45) is 3.75. The fourth-order valence-corrected chi connectivity index (χ4v) is 2.18. The van der Waals surface area contributed by atoms with E-state index in [4.69, 9.17) is 4.74 Å². The van der Waals surface area contributed by atoms with E-state index in [2.05, 4.69) is 23.9 Å². The zero-order valence-corrected chi connectivity index (χ0v) is 8.95. The Hall–Kier alpha value is -0.930. The van der Waals surface area contributed by atoms with E-state index in [1.165, 1.54) is 11.1 Å². The molecule has 0 atom stereocenters. The second-order valence-corrected chi connectivity index (χ2v) is 4.06. The van der Waals surface area contributed by atoms with Crippen molar-refractivity contribution in [3.05, 3.63) is 29.6 Å². The van der Waals surface area contributed by atoms with E-state index in [9.17, 15) is 0 Å². The number of methoxy groups -OCH3 is 1. The van der Waals surface area contributed by atoms with Crippen LogP contribution in [0.5, 0.6) is 0 Å². The molecule has 0 bridgehead atoms. The van der Waals surface area contributed by atoms with Gasteiger partial charge >= 0.3 is 0 Å². The Morgan fingerprint density at radius 2 is 2.21 bits per heavy atom. The van der Waals surface area contributed by atoms with Crippen LogP contribution in [0.4, 0.5) is 0 Å². The van der Waals surface area contributed by atoms with Gasteiger partial charge in [0.05, 0.1) is 0 Å². The topological polar surface area (TPSA) is 25.4 Å². The van der Waals surface area contributed by atoms with E-state index in [0.29, 0.717) is 0 Å². The molecule has 0 N–H and O–H groups in total. The summed E-state index contributed by atoms with van der Waals surface area (Å²) in [5.41, 5.74) is 2.36. The Bertz CT molecular complexity index is 332. The number of aryl methyl sites for hydroxylation is 1. The predicted molar refractivity (Wildman–Crippen MR) is 55.2 cm³/mol. The summed E-state index contributed by atoms with van der Waals surface area (Å²) in [5, 5.41) is 0. The molecule has 1 fully saturated rings. The first-order chi connectivity index (χ1) is 6.68. The largest absolute Gasteiger partial charge is 0.371 e. The number of ether oxygens (including phenoxy) is 1. The number of aromatic nitrogens is 1. The minimum absolute atomic E-state index is 0.118. The van der Waals surface area contributed by atoms with Crippen LogP contribution in [0.1, 0.15) is 11.1 Å². The fourth-order valence-electron chi connectivity index (χ4n) is 2.18. The molecule has 1 aromatic heterocycles. The highest BCUT2D eigenvalue weighted by atomic mass is 16.5. The van der Waals surface area contributed by atoms with Gasteiger partial charge in [-0.05, 0) is 25.6 Å². The van der Waals surface area contributed by atoms with E-state index < -0.39 is 0 Å². The van der Waals surface area contributed by atoms with Crippen molar-refractivity contribution in [3.8, 4) is 0 Å². The Morgan fingerprint density at radius 1 is 1.50 bits per heavy atom. The SMILES string of the molecule is COC1(c2cnccc2C)CN(C)C1. The molecule has 2 heterocycles. The van der Waals surface area contributed by atoms with E-state index in [1.807, 2.05) is 18.5 Å². The molecule has 0 radical (unpaired) electrons. The predicted octanol–water partition coefficient (Wildman–Crippen LogP) is 1.18. The molecule has 0 aliphatic carbocycles. The second kappa shape index (κ2) is 3.33. The maximum absolute atomic E-state index is 5.63. The van der Waals surface area contributed by atoms with E-state index in [0.717, 1.165) is 13.1 Å². The van der Waals surface area contributed by atoms with Gasteiger partial charge in [0.2, 0.25) is 0 Å². The highest BCUT2D eigenvalue weighted by Crippen LogP contribution is 2.35. The van der Waals surface area contributed by atoms with Crippen molar-refractivity contribution in [2.24, 2.45) is 0 Å². The molecule has 1 aromatic rings. The molecule has 1 aliphatic rings. The lowest BCUT2D eigenvalue weighted by Gasteiger charge is -2.48. The molecule has 1 aliphatic heterocycles. The van der Waals surface area contributed by atoms with Crippen LogP contribution < -0.4 is 0 Å². The summed E-state index contributed by atoms with van der Waals surface area (Å²) in [4.78, 5) is 6.41. The quantitative estimate of drug-likeness (QED) is 0.703. The van der Waals surface area contributed by atoms with Gasteiger partial charge in [-0.2, -0.15) is 0 Å². The van der Waals surface area contributed by atoms with Crippen LogP contribution in [0, 0.1) is 6.92 Å². The first-order valence-electron chi connectivity index (χ1n) is 4.83. The lowest BCUT2D eigenvalue weighted by atomic mass is 9.85. The Kier molecular flexibility index (Phi) is 2.29. The third kappa shape index (κ3) is 1.33. The molecule has 0 spiro atoms. The molecule has 3 nitrogen and oxygen atoms in total. The summed E-state index contributed by atoms with van der Waals surface area (Å²) in [6, 6.07) is 2.04. The summed E-state index contributed by atoms with van der Waals surface area (Å²) >= 11 is 0. The van der Waals surface area contributed by atoms with Gasteiger partial charge in [0.1, 0.15) is 5.60 Å². The Morgan fingerprint density at radius 3 is 2.71 bits per heavy atom. The highest BCUT2D eigenvalue weighted by Gasteiger charge is 2.43. The summed E-state index contributed by atoms with van der Waals surface area (Å²) in [6.45, 7) is 4.02. The number of hydrogen-bond donors (Lipinski definition) is 0. The minimum Gasteiger partial charge on any atom is -0.371 e. The first kappa shape index (κ1) is 9.62. The third-order valence-corrected chi connectivity index (χ3v) is 2.97. The number of likely N-dealkylation sites (N-methyl/N-ethyl adjacent to an activating group) is 1. The smallest absolute Gasteiger partial charge is 0.120 e. The summed E-state index contributed by atoms with van der Waals surface area (Å²) in [7, 11) is 3.88. The minimum atomic E-state index is -0.118. The zero-order chi connectivity index (χ0) is 10.2. The molecule has 0 saturated carbocycles. The van der Waals surface area contributed by atoms with Gasteiger partial charge in [-0.3, -0.25) is 9.88 Å². The lowest BCUT2D eigenvalue weighted by Crippen LogP contribution is -2.58. The van der Waals surface area contributed by atoms with Crippen molar-refractivity contribution in [2.75, 3.05) is 27.2 Å². The monoisotopic (exact) mass is 192 g/mol. The Balaban J connectivity index is 2.34. The average molecular weight is 192 g/mol. The number of pyridine rings is 1. The van der Waals surface area contributed by atoms with Gasteiger partial charge in [-0.25, -0.2) is 0 Å². The van der Waals surface area contributed by atoms with Crippen molar-refractivity contribution in [2.45, 2.75) is 12.5 Å². The van der Waals surface area contributed by atoms with Crippen LogP contribution >= 0.6 is 0 Å². The van der Waals surface area contributed by atoms with Crippen LogP contribution in [-0.2, 0) is 10.3 Å². The molecule has 14 heavy (non-hydrogen) atoms. The number of hydrogen-bond acceptors (Lipinski definition) is 3. The molecule has 0 aromatic carbocycles. The molecule has 0 unspecified atom stereocenters. The van der Waals surface area contributed by atoms with Gasteiger partial charge in [0, 0.05) is 38.2 Å². The molecule has 2 rings (SSSR count). The van der Waals surface area contributed by atoms with Crippen LogP contribution in [0.15, 0.2) is 18.5 Å². The third-order valence-electron chi connectivity index (χ3n) is 2.97. The van der Waals surface area contributed by atoms with Gasteiger partial charge in [-0.1, -0.05) is 0 Å². The number of rotatable bonds is 2. The van der Waals surface area contributed by atoms with Crippen LogP contribution in [0.3, 0.4) is 0 Å². The summed E-state index contributed by atoms with van der Waals surface area (Å²) in [5.74, 6) is 0. The molecule has 0 amide bonds. The normalized spacial score (nSPS) is 20.5. The average Bonchev–Trinajstić information content (AvgIpc) is 2.14. The highest BCUT2D eigenvalue weighted by molar-refractivity contribution is 5.31. The molecule has 1 saturated heterocycles. The van der Waals surface area contributed by atoms with Crippen molar-refractivity contribution >= 4 is 0 Å². The van der Waals surface area contributed by atoms with Gasteiger partial charge in [0.25, 0.3) is 0 Å². The van der Waals surface area contributed by atoms with Crippen molar-refractivity contribution in [1.29, 1.82) is 0 Å². The maximum atomic E-state index is 5.63. The summed E-state index contributed by atoms with van der Waals surface area (Å²) < 4.78 is 5.63. The fraction of sp³-hybridized carbons (Fsp3) is 0.545. The maximum Gasteiger partial charge on any atom is 0.120 e. The van der Waals surface area contributed by atoms with Crippen LogP contribution in [-0.4, -0.2) is 37.1 Å². The molecule has 76 valence electrons. The van der Waals surface area contributed by atoms with Gasteiger partial charge < -0.3 is 4.74 Å². The van der Waals surface area contributed by atoms with E-state index >= 15 is 0 Å². The van der Waals surface area contributed by atoms with Crippen LogP contribution in [0.25, 0.3) is 0 Å². The van der Waals surface area contributed by atoms with Crippen molar-refractivity contribution in [1.82, 2.24) is 9.88 Å². The number of likely N-dealkylation sites (tertiary alicyclic amines) is 1. The van der Waals surface area contributed by atoms with Crippen molar-refractivity contribution in [3.63, 3.8) is 0 Å². The van der Waals surface area contributed by atoms with Gasteiger partial charge in [0.15, 0.2) is 0 Å².